The normalized spacial score (nSPS) is 23.0. The molecule has 1 saturated heterocycles. The van der Waals surface area contributed by atoms with Crippen molar-refractivity contribution in [2.24, 2.45) is 11.8 Å². The molecule has 0 saturated carbocycles. The van der Waals surface area contributed by atoms with Gasteiger partial charge < -0.3 is 10.1 Å². The van der Waals surface area contributed by atoms with Gasteiger partial charge in [-0.05, 0) is 48.3 Å². The first-order chi connectivity index (χ1) is 13.6. The van der Waals surface area contributed by atoms with Gasteiger partial charge in [-0.15, -0.1) is 12.4 Å². The summed E-state index contributed by atoms with van der Waals surface area (Å²) in [6.07, 6.45) is -2.12. The first kappa shape index (κ1) is 25.0. The van der Waals surface area contributed by atoms with Crippen LogP contribution in [0.15, 0.2) is 18.2 Å². The van der Waals surface area contributed by atoms with E-state index < -0.39 is 12.2 Å². The molecule has 170 valence electrons. The summed E-state index contributed by atoms with van der Waals surface area (Å²) < 4.78 is 43.9. The molecule has 0 bridgehead atoms. The zero-order chi connectivity index (χ0) is 21.2. The first-order valence-electron chi connectivity index (χ1n) is 10.5. The van der Waals surface area contributed by atoms with Gasteiger partial charge in [-0.2, -0.15) is 13.2 Å². The molecule has 1 heterocycles. The summed E-state index contributed by atoms with van der Waals surface area (Å²) in [7, 11) is 0. The Bertz CT molecular complexity index is 727. The summed E-state index contributed by atoms with van der Waals surface area (Å²) in [6, 6.07) is 4.72. The fourth-order valence-corrected chi connectivity index (χ4v) is 4.18. The lowest BCUT2D eigenvalue weighted by molar-refractivity contribution is -0.166. The third-order valence-electron chi connectivity index (χ3n) is 6.30. The van der Waals surface area contributed by atoms with Crippen molar-refractivity contribution < 1.29 is 22.7 Å². The van der Waals surface area contributed by atoms with Crippen molar-refractivity contribution in [3.8, 4) is 0 Å². The van der Waals surface area contributed by atoms with Crippen LogP contribution in [0.5, 0.6) is 0 Å². The van der Waals surface area contributed by atoms with E-state index in [4.69, 9.17) is 4.74 Å². The van der Waals surface area contributed by atoms with E-state index in [0.29, 0.717) is 24.9 Å². The Morgan fingerprint density at radius 3 is 2.60 bits per heavy atom. The number of esters is 1. The molecule has 1 aliphatic heterocycles. The predicted molar refractivity (Wildman–Crippen MR) is 113 cm³/mol. The smallest absolute Gasteiger partial charge is 0.405 e. The van der Waals surface area contributed by atoms with Gasteiger partial charge in [0.25, 0.3) is 0 Å². The Labute approximate surface area is 182 Å². The topological polar surface area (TPSA) is 41.6 Å². The number of alkyl halides is 3. The third kappa shape index (κ3) is 6.11. The van der Waals surface area contributed by atoms with E-state index in [1.165, 1.54) is 11.1 Å². The Balaban J connectivity index is 0.00000320. The van der Waals surface area contributed by atoms with Crippen LogP contribution in [0, 0.1) is 11.8 Å². The fourth-order valence-electron chi connectivity index (χ4n) is 4.18. The van der Waals surface area contributed by atoms with Crippen LogP contribution in [0.1, 0.15) is 43.4 Å². The number of carbonyl (C=O) groups excluding carboxylic acids is 1. The maximum atomic E-state index is 12.8. The minimum absolute atomic E-state index is 0. The van der Waals surface area contributed by atoms with E-state index in [1.54, 1.807) is 4.90 Å². The molecule has 4 nitrogen and oxygen atoms in total. The predicted octanol–water partition coefficient (Wildman–Crippen LogP) is 3.96. The first-order valence-corrected chi connectivity index (χ1v) is 10.5. The standard InChI is InChI=1S/C22H31F3N2O2.ClH/c1-14(2)18-11-17-5-4-16(10-19(17)12-18)15(3)21(28)29-9-8-27-7-6-26-20(13-27)22(23,24)25;/h4-5,10,14-15,18,20,26H,6-9,11-13H2,1-3H3;1H. The summed E-state index contributed by atoms with van der Waals surface area (Å²) in [6.45, 7) is 7.41. The SMILES string of the molecule is CC(C(=O)OCCN1CCNC(C(F)(F)F)C1)c1ccc2c(c1)CC(C(C)C)C2.Cl. The molecule has 0 amide bonds. The molecule has 0 radical (unpaired) electrons. The number of nitrogens with zero attached hydrogens (tertiary/aromatic N) is 1. The molecule has 1 aromatic rings. The van der Waals surface area contributed by atoms with Crippen LogP contribution in [0.25, 0.3) is 0 Å². The van der Waals surface area contributed by atoms with Crippen LogP contribution in [0.2, 0.25) is 0 Å². The molecule has 0 spiro atoms. The molecule has 0 aromatic heterocycles. The molecular weight excluding hydrogens is 417 g/mol. The summed E-state index contributed by atoms with van der Waals surface area (Å²) in [5.41, 5.74) is 3.63. The highest BCUT2D eigenvalue weighted by atomic mass is 35.5. The highest BCUT2D eigenvalue weighted by molar-refractivity contribution is 5.85. The number of halogens is 4. The Hall–Kier alpha value is -1.31. The lowest BCUT2D eigenvalue weighted by atomic mass is 9.93. The number of hydrogen-bond donors (Lipinski definition) is 1. The van der Waals surface area contributed by atoms with Crippen molar-refractivity contribution in [1.29, 1.82) is 0 Å². The van der Waals surface area contributed by atoms with Gasteiger partial charge in [0, 0.05) is 26.2 Å². The van der Waals surface area contributed by atoms with Gasteiger partial charge in [0.15, 0.2) is 0 Å². The van der Waals surface area contributed by atoms with Crippen molar-refractivity contribution in [1.82, 2.24) is 10.2 Å². The fraction of sp³-hybridized carbons (Fsp3) is 0.682. The van der Waals surface area contributed by atoms with Crippen molar-refractivity contribution in [3.05, 3.63) is 34.9 Å². The average molecular weight is 449 g/mol. The maximum Gasteiger partial charge on any atom is 0.405 e. The van der Waals surface area contributed by atoms with E-state index in [2.05, 4.69) is 31.3 Å². The highest BCUT2D eigenvalue weighted by Gasteiger charge is 2.41. The second-order valence-electron chi connectivity index (χ2n) is 8.68. The van der Waals surface area contributed by atoms with Gasteiger partial charge in [0.2, 0.25) is 0 Å². The summed E-state index contributed by atoms with van der Waals surface area (Å²) in [5, 5.41) is 2.48. The Morgan fingerprint density at radius 2 is 1.93 bits per heavy atom. The van der Waals surface area contributed by atoms with Gasteiger partial charge in [-0.3, -0.25) is 9.69 Å². The monoisotopic (exact) mass is 448 g/mol. The molecule has 1 aromatic carbocycles. The average Bonchev–Trinajstić information content (AvgIpc) is 3.10. The lowest BCUT2D eigenvalue weighted by Gasteiger charge is -2.34. The van der Waals surface area contributed by atoms with Crippen LogP contribution < -0.4 is 5.32 Å². The van der Waals surface area contributed by atoms with Crippen LogP contribution >= 0.6 is 12.4 Å². The number of benzene rings is 1. The Morgan fingerprint density at radius 1 is 1.23 bits per heavy atom. The molecule has 8 heteroatoms. The second-order valence-corrected chi connectivity index (χ2v) is 8.68. The molecule has 1 fully saturated rings. The molecule has 3 atom stereocenters. The molecule has 2 aliphatic rings. The maximum absolute atomic E-state index is 12.8. The molecule has 30 heavy (non-hydrogen) atoms. The van der Waals surface area contributed by atoms with Gasteiger partial charge in [0.1, 0.15) is 12.6 Å². The van der Waals surface area contributed by atoms with E-state index >= 15 is 0 Å². The number of hydrogen-bond acceptors (Lipinski definition) is 4. The largest absolute Gasteiger partial charge is 0.464 e. The van der Waals surface area contributed by atoms with E-state index in [9.17, 15) is 18.0 Å². The summed E-state index contributed by atoms with van der Waals surface area (Å²) in [5.74, 6) is 0.576. The zero-order valence-electron chi connectivity index (χ0n) is 17.8. The number of carbonyl (C=O) groups is 1. The number of fused-ring (bicyclic) bond motifs is 1. The van der Waals surface area contributed by atoms with Crippen LogP contribution in [0.4, 0.5) is 13.2 Å². The van der Waals surface area contributed by atoms with Crippen molar-refractivity contribution in [2.45, 2.75) is 51.7 Å². The molecular formula is C22H32ClF3N2O2. The minimum atomic E-state index is -4.26. The third-order valence-corrected chi connectivity index (χ3v) is 6.30. The number of rotatable bonds is 6. The van der Waals surface area contributed by atoms with Crippen LogP contribution in [-0.4, -0.2) is 55.9 Å². The molecule has 1 aliphatic carbocycles. The van der Waals surface area contributed by atoms with E-state index in [0.717, 1.165) is 18.4 Å². The zero-order valence-corrected chi connectivity index (χ0v) is 18.6. The van der Waals surface area contributed by atoms with Crippen LogP contribution in [0.3, 0.4) is 0 Å². The van der Waals surface area contributed by atoms with Gasteiger partial charge in [-0.25, -0.2) is 0 Å². The number of nitrogens with one attached hydrogen (secondary N) is 1. The van der Waals surface area contributed by atoms with Gasteiger partial charge >= 0.3 is 12.1 Å². The van der Waals surface area contributed by atoms with Crippen molar-refractivity contribution in [3.63, 3.8) is 0 Å². The molecule has 3 rings (SSSR count). The van der Waals surface area contributed by atoms with Crippen molar-refractivity contribution >= 4 is 18.4 Å². The van der Waals surface area contributed by atoms with Crippen molar-refractivity contribution in [2.75, 3.05) is 32.8 Å². The number of piperazine rings is 1. The van der Waals surface area contributed by atoms with E-state index in [1.807, 2.05) is 13.0 Å². The molecule has 1 N–H and O–H groups in total. The Kier molecular flexibility index (Phi) is 8.60. The summed E-state index contributed by atoms with van der Waals surface area (Å²) >= 11 is 0. The van der Waals surface area contributed by atoms with Crippen LogP contribution in [-0.2, 0) is 22.4 Å². The minimum Gasteiger partial charge on any atom is -0.464 e. The number of ether oxygens (including phenoxy) is 1. The lowest BCUT2D eigenvalue weighted by Crippen LogP contribution is -2.57. The highest BCUT2D eigenvalue weighted by Crippen LogP contribution is 2.33. The molecule has 3 unspecified atom stereocenters. The second kappa shape index (κ2) is 10.3. The van der Waals surface area contributed by atoms with Gasteiger partial charge in [-0.1, -0.05) is 32.0 Å². The quantitative estimate of drug-likeness (QED) is 0.669. The van der Waals surface area contributed by atoms with E-state index in [-0.39, 0.29) is 44.0 Å². The van der Waals surface area contributed by atoms with Gasteiger partial charge in [0.05, 0.1) is 5.92 Å². The summed E-state index contributed by atoms with van der Waals surface area (Å²) in [4.78, 5) is 14.1.